The van der Waals surface area contributed by atoms with Crippen LogP contribution in [-0.2, 0) is 52.6 Å². The van der Waals surface area contributed by atoms with Crippen LogP contribution in [0.4, 0.5) is 17.3 Å². The Hall–Kier alpha value is -5.44. The Bertz CT molecular complexity index is 2200. The summed E-state index contributed by atoms with van der Waals surface area (Å²) in [6.07, 6.45) is -0.242. The third-order valence-electron chi connectivity index (χ3n) is 7.89. The number of aromatic amines is 1. The molecule has 22 nitrogen and oxygen atoms in total. The number of aromatic nitrogens is 4. The second kappa shape index (κ2) is 24.1. The summed E-state index contributed by atoms with van der Waals surface area (Å²) < 4.78 is 51.1. The molecule has 0 fully saturated rings. The number of ether oxygens (including phenoxy) is 1. The van der Waals surface area contributed by atoms with E-state index in [1.54, 1.807) is 52.0 Å². The number of carboxylic acids is 1. The standard InChI is InChI=1S/C37H48N8O14P2/c1-5-54-60(55-6-2)59-26(22-58-61(52,56-7-3)57-8-4)21-53-36(51)27-11-9-10-12-28(27)42-30(46)18-17-29(35(49)50)43-33(47)23-13-15-24(16-14-23)39-19-25-20-40-32-31(41-25)34(48)45-37(38)44-32/h9-16,20,26,29,39H,5-8,17-19,21-22H2,1-4H3,(H,42,46)(H,43,47)(H,49,50)(H3,38,40,44,45,48). The predicted octanol–water partition coefficient (Wildman–Crippen LogP) is 4.55. The number of aliphatic carboxylic acids is 1. The maximum Gasteiger partial charge on any atom is 0.474 e. The number of fused-ring (bicyclic) bond motifs is 1. The fraction of sp³-hybridized carbons (Fsp3) is 0.405. The van der Waals surface area contributed by atoms with E-state index in [1.807, 2.05) is 0 Å². The zero-order valence-electron chi connectivity index (χ0n) is 33.8. The van der Waals surface area contributed by atoms with Crippen LogP contribution in [-0.4, -0.2) is 101 Å². The molecule has 0 aliphatic heterocycles. The van der Waals surface area contributed by atoms with E-state index in [9.17, 15) is 33.6 Å². The largest absolute Gasteiger partial charge is 0.480 e. The Balaban J connectivity index is 1.32. The Morgan fingerprint density at radius 3 is 2.26 bits per heavy atom. The van der Waals surface area contributed by atoms with Crippen molar-refractivity contribution in [3.05, 3.63) is 81.9 Å². The van der Waals surface area contributed by atoms with E-state index in [1.165, 1.54) is 30.5 Å². The van der Waals surface area contributed by atoms with Gasteiger partial charge in [0.15, 0.2) is 11.2 Å². The molecule has 330 valence electrons. The summed E-state index contributed by atoms with van der Waals surface area (Å²) in [6, 6.07) is 10.7. The van der Waals surface area contributed by atoms with Gasteiger partial charge in [0.05, 0.1) is 62.7 Å². The molecule has 2 atom stereocenters. The lowest BCUT2D eigenvalue weighted by Gasteiger charge is -2.24. The molecule has 2 amide bonds. The third-order valence-corrected chi connectivity index (χ3v) is 10.9. The van der Waals surface area contributed by atoms with Gasteiger partial charge in [-0.05, 0) is 70.5 Å². The minimum atomic E-state index is -3.96. The highest BCUT2D eigenvalue weighted by molar-refractivity contribution is 7.48. The first-order valence-corrected chi connectivity index (χ1v) is 21.5. The van der Waals surface area contributed by atoms with Gasteiger partial charge in [0, 0.05) is 17.7 Å². The lowest BCUT2D eigenvalue weighted by Crippen LogP contribution is -2.41. The Labute approximate surface area is 351 Å². The number of amides is 2. The maximum absolute atomic E-state index is 13.3. The number of para-hydroxylation sites is 1. The third kappa shape index (κ3) is 15.2. The van der Waals surface area contributed by atoms with Crippen molar-refractivity contribution in [2.45, 2.75) is 59.2 Å². The van der Waals surface area contributed by atoms with Gasteiger partial charge in [0.1, 0.15) is 18.8 Å². The van der Waals surface area contributed by atoms with E-state index in [-0.39, 0.29) is 79.7 Å². The number of nitrogens with two attached hydrogens (primary N) is 1. The number of benzene rings is 2. The first kappa shape index (κ1) is 48.2. The van der Waals surface area contributed by atoms with Crippen LogP contribution in [0, 0.1) is 0 Å². The van der Waals surface area contributed by atoms with E-state index in [0.717, 1.165) is 0 Å². The molecule has 2 aromatic heterocycles. The van der Waals surface area contributed by atoms with Crippen LogP contribution in [0.3, 0.4) is 0 Å². The number of phosphoric ester groups is 1. The van der Waals surface area contributed by atoms with Gasteiger partial charge in [-0.1, -0.05) is 12.1 Å². The fourth-order valence-electron chi connectivity index (χ4n) is 5.13. The van der Waals surface area contributed by atoms with Crippen molar-refractivity contribution in [3.8, 4) is 0 Å². The summed E-state index contributed by atoms with van der Waals surface area (Å²) in [6.45, 7) is 6.65. The molecule has 0 aliphatic rings. The lowest BCUT2D eigenvalue weighted by molar-refractivity contribution is -0.139. The summed E-state index contributed by atoms with van der Waals surface area (Å²) in [7, 11) is -5.86. The van der Waals surface area contributed by atoms with Gasteiger partial charge in [-0.3, -0.25) is 32.9 Å². The van der Waals surface area contributed by atoms with Crippen LogP contribution in [0.5, 0.6) is 0 Å². The Kier molecular flexibility index (Phi) is 19.1. The number of H-pyrrole nitrogens is 1. The molecule has 2 unspecified atom stereocenters. The summed E-state index contributed by atoms with van der Waals surface area (Å²) in [5.74, 6) is -3.65. The zero-order valence-corrected chi connectivity index (χ0v) is 35.6. The van der Waals surface area contributed by atoms with Crippen LogP contribution >= 0.6 is 16.4 Å². The average molecular weight is 891 g/mol. The molecule has 4 aromatic rings. The average Bonchev–Trinajstić information content (AvgIpc) is 3.23. The van der Waals surface area contributed by atoms with E-state index in [4.69, 9.17) is 37.6 Å². The van der Waals surface area contributed by atoms with Gasteiger partial charge in [0.2, 0.25) is 11.9 Å². The molecule has 61 heavy (non-hydrogen) atoms. The van der Waals surface area contributed by atoms with Gasteiger partial charge < -0.3 is 45.1 Å². The van der Waals surface area contributed by atoms with Crippen molar-refractivity contribution in [3.63, 3.8) is 0 Å². The monoisotopic (exact) mass is 890 g/mol. The summed E-state index contributed by atoms with van der Waals surface area (Å²) >= 11 is 0. The first-order chi connectivity index (χ1) is 29.3. The van der Waals surface area contributed by atoms with Crippen molar-refractivity contribution in [2.75, 3.05) is 56.0 Å². The second-order valence-corrected chi connectivity index (χ2v) is 15.2. The van der Waals surface area contributed by atoms with E-state index in [0.29, 0.717) is 11.4 Å². The summed E-state index contributed by atoms with van der Waals surface area (Å²) in [4.78, 5) is 78.3. The molecule has 0 radical (unpaired) electrons. The molecule has 0 aliphatic carbocycles. The van der Waals surface area contributed by atoms with Crippen molar-refractivity contribution in [2.24, 2.45) is 0 Å². The smallest absolute Gasteiger partial charge is 0.474 e. The zero-order chi connectivity index (χ0) is 44.4. The minimum Gasteiger partial charge on any atom is -0.480 e. The van der Waals surface area contributed by atoms with E-state index < -0.39 is 71.1 Å². The molecule has 0 saturated carbocycles. The molecule has 2 aromatic carbocycles. The van der Waals surface area contributed by atoms with Crippen LogP contribution < -0.4 is 27.2 Å². The van der Waals surface area contributed by atoms with Gasteiger partial charge >= 0.3 is 28.4 Å². The van der Waals surface area contributed by atoms with Gasteiger partial charge in [0.25, 0.3) is 11.5 Å². The minimum absolute atomic E-state index is 0.0260. The number of carbonyl (C=O) groups excluding carboxylic acids is 3. The number of esters is 1. The highest BCUT2D eigenvalue weighted by Gasteiger charge is 2.30. The topological polar surface area (TPSA) is 304 Å². The molecular weight excluding hydrogens is 842 g/mol. The molecular formula is C37H48N8O14P2. The molecule has 0 spiro atoms. The number of phosphoric acid groups is 1. The SMILES string of the molecule is CCOP(OCC)OC(COC(=O)c1ccccc1NC(=O)CCC(NC(=O)c1ccc(NCc2cnc3nc(N)[nH]c(=O)c3n2)cc1)C(=O)O)COP(=O)(OCC)OCC. The number of carboxylic acid groups (broad SMARTS) is 1. The second-order valence-electron chi connectivity index (χ2n) is 12.4. The van der Waals surface area contributed by atoms with Crippen molar-refractivity contribution in [1.82, 2.24) is 25.3 Å². The fourth-order valence-corrected chi connectivity index (χ4v) is 7.32. The number of hydrogen-bond acceptors (Lipinski definition) is 18. The maximum atomic E-state index is 13.3. The van der Waals surface area contributed by atoms with E-state index in [2.05, 4.69) is 35.9 Å². The normalized spacial score (nSPS) is 12.5. The Morgan fingerprint density at radius 2 is 1.61 bits per heavy atom. The molecule has 2 heterocycles. The van der Waals surface area contributed by atoms with Crippen molar-refractivity contribution < 1.29 is 60.7 Å². The lowest BCUT2D eigenvalue weighted by atomic mass is 10.1. The number of hydrogen-bond donors (Lipinski definition) is 6. The highest BCUT2D eigenvalue weighted by Crippen LogP contribution is 2.50. The molecule has 4 rings (SSSR count). The number of nitrogens with zero attached hydrogens (tertiary/aromatic N) is 3. The number of anilines is 3. The van der Waals surface area contributed by atoms with Crippen LogP contribution in [0.1, 0.15) is 66.9 Å². The Morgan fingerprint density at radius 1 is 0.918 bits per heavy atom. The van der Waals surface area contributed by atoms with Gasteiger partial charge in [-0.2, -0.15) is 4.98 Å². The quantitative estimate of drug-likeness (QED) is 0.0372. The van der Waals surface area contributed by atoms with Crippen molar-refractivity contribution in [1.29, 1.82) is 0 Å². The van der Waals surface area contributed by atoms with Gasteiger partial charge in [-0.15, -0.1) is 0 Å². The first-order valence-electron chi connectivity index (χ1n) is 19.0. The number of carbonyl (C=O) groups is 4. The number of nitrogens with one attached hydrogen (secondary N) is 4. The van der Waals surface area contributed by atoms with E-state index >= 15 is 0 Å². The van der Waals surface area contributed by atoms with Crippen LogP contribution in [0.15, 0.2) is 59.5 Å². The summed E-state index contributed by atoms with van der Waals surface area (Å²) in [5.41, 5.74) is 6.36. The van der Waals surface area contributed by atoms with Crippen LogP contribution in [0.25, 0.3) is 11.2 Å². The predicted molar refractivity (Wildman–Crippen MR) is 221 cm³/mol. The number of nitrogen functional groups attached to an aromatic ring is 1. The highest BCUT2D eigenvalue weighted by atomic mass is 31.2. The van der Waals surface area contributed by atoms with Crippen LogP contribution in [0.2, 0.25) is 0 Å². The molecule has 0 bridgehead atoms. The molecule has 7 N–H and O–H groups in total. The summed E-state index contributed by atoms with van der Waals surface area (Å²) in [5, 5.41) is 17.9. The molecule has 24 heteroatoms. The van der Waals surface area contributed by atoms with Crippen molar-refractivity contribution >= 4 is 68.7 Å². The van der Waals surface area contributed by atoms with Gasteiger partial charge in [-0.25, -0.2) is 24.1 Å². The number of rotatable bonds is 26. The molecule has 0 saturated heterocycles.